The summed E-state index contributed by atoms with van der Waals surface area (Å²) in [5.41, 5.74) is 1.83. The summed E-state index contributed by atoms with van der Waals surface area (Å²) in [6.45, 7) is 0.651. The van der Waals surface area contributed by atoms with Crippen molar-refractivity contribution in [2.75, 3.05) is 12.5 Å². The van der Waals surface area contributed by atoms with Crippen LogP contribution in [-0.4, -0.2) is 34.3 Å². The maximum absolute atomic E-state index is 12.8. The van der Waals surface area contributed by atoms with E-state index in [1.165, 1.54) is 32.1 Å². The number of amides is 1. The number of hydrogen-bond acceptors (Lipinski definition) is 4. The molecule has 5 heteroatoms. The molecule has 2 aliphatic heterocycles. The third-order valence-electron chi connectivity index (χ3n) is 5.61. The molecule has 0 unspecified atom stereocenters. The van der Waals surface area contributed by atoms with E-state index in [1.807, 2.05) is 35.2 Å². The lowest BCUT2D eigenvalue weighted by Gasteiger charge is -2.44. The molecule has 1 aromatic carbocycles. The molecule has 0 aromatic heterocycles. The Labute approximate surface area is 153 Å². The Morgan fingerprint density at radius 2 is 1.88 bits per heavy atom. The zero-order valence-corrected chi connectivity index (χ0v) is 15.2. The number of allylic oxidation sites excluding steroid dienone is 1. The molecule has 25 heavy (non-hydrogen) atoms. The summed E-state index contributed by atoms with van der Waals surface area (Å²) in [6, 6.07) is 13.0. The number of carbonyl (C=O) groups is 1. The third-order valence-corrected chi connectivity index (χ3v) is 6.78. The van der Waals surface area contributed by atoms with Crippen LogP contribution in [0.5, 0.6) is 0 Å². The lowest BCUT2D eigenvalue weighted by atomic mass is 9.86. The first-order chi connectivity index (χ1) is 12.3. The van der Waals surface area contributed by atoms with E-state index >= 15 is 0 Å². The molecule has 4 rings (SSSR count). The van der Waals surface area contributed by atoms with Crippen LogP contribution in [-0.2, 0) is 4.79 Å². The van der Waals surface area contributed by atoms with Crippen LogP contribution in [0.1, 0.15) is 50.0 Å². The third kappa shape index (κ3) is 3.21. The number of nitrogens with zero attached hydrogens (tertiary/aromatic N) is 3. The summed E-state index contributed by atoms with van der Waals surface area (Å²) in [5, 5.41) is 10.7. The van der Waals surface area contributed by atoms with E-state index in [4.69, 9.17) is 0 Å². The fourth-order valence-corrected chi connectivity index (χ4v) is 5.46. The molecule has 130 valence electrons. The summed E-state index contributed by atoms with van der Waals surface area (Å²) in [5.74, 6) is 0.936. The van der Waals surface area contributed by atoms with Crippen LogP contribution in [0.15, 0.2) is 40.9 Å². The van der Waals surface area contributed by atoms with Gasteiger partial charge in [-0.25, -0.2) is 0 Å². The molecule has 1 aromatic rings. The standard InChI is InChI=1S/C20H23N3OS/c21-12-18-17(15-7-3-1-4-8-15)11-19(24)23-13-22(14-25-20(18)23)16-9-5-2-6-10-16/h1,3-4,7-8,16-17H,2,5-6,9-11,13-14H2/t17-/m1/s1. The Bertz CT molecular complexity index is 718. The van der Waals surface area contributed by atoms with E-state index in [0.29, 0.717) is 19.1 Å². The van der Waals surface area contributed by atoms with Crippen molar-refractivity contribution < 1.29 is 4.79 Å². The van der Waals surface area contributed by atoms with E-state index in [2.05, 4.69) is 11.0 Å². The Kier molecular flexibility index (Phi) is 4.82. The van der Waals surface area contributed by atoms with Crippen LogP contribution in [0.4, 0.5) is 0 Å². The van der Waals surface area contributed by atoms with E-state index in [-0.39, 0.29) is 11.8 Å². The van der Waals surface area contributed by atoms with Crippen molar-refractivity contribution in [3.05, 3.63) is 46.5 Å². The first-order valence-corrected chi connectivity index (χ1v) is 10.1. The van der Waals surface area contributed by atoms with Gasteiger partial charge in [0, 0.05) is 18.4 Å². The molecular formula is C20H23N3OS. The molecule has 0 bridgehead atoms. The summed E-state index contributed by atoms with van der Waals surface area (Å²) in [6.07, 6.45) is 6.79. The number of hydrogen-bond donors (Lipinski definition) is 0. The highest BCUT2D eigenvalue weighted by Crippen LogP contribution is 2.43. The molecule has 1 aliphatic carbocycles. The van der Waals surface area contributed by atoms with Gasteiger partial charge in [0.1, 0.15) is 0 Å². The molecule has 0 radical (unpaired) electrons. The summed E-state index contributed by atoms with van der Waals surface area (Å²) < 4.78 is 0. The monoisotopic (exact) mass is 353 g/mol. The molecule has 0 spiro atoms. The second-order valence-electron chi connectivity index (χ2n) is 7.12. The minimum absolute atomic E-state index is 0.0984. The lowest BCUT2D eigenvalue weighted by molar-refractivity contribution is -0.132. The quantitative estimate of drug-likeness (QED) is 0.805. The molecule has 2 fully saturated rings. The lowest BCUT2D eigenvalue weighted by Crippen LogP contribution is -2.51. The second-order valence-corrected chi connectivity index (χ2v) is 8.05. The number of fused-ring (bicyclic) bond motifs is 1. The van der Waals surface area contributed by atoms with Crippen LogP contribution in [0.2, 0.25) is 0 Å². The van der Waals surface area contributed by atoms with Gasteiger partial charge in [-0.2, -0.15) is 5.26 Å². The van der Waals surface area contributed by atoms with Gasteiger partial charge in [0.05, 0.1) is 29.2 Å². The van der Waals surface area contributed by atoms with Crippen molar-refractivity contribution in [2.45, 2.75) is 50.5 Å². The smallest absolute Gasteiger partial charge is 0.229 e. The fourth-order valence-electron chi connectivity index (χ4n) is 4.22. The van der Waals surface area contributed by atoms with Crippen molar-refractivity contribution in [3.8, 4) is 6.07 Å². The average molecular weight is 353 g/mol. The van der Waals surface area contributed by atoms with Gasteiger partial charge in [-0.15, -0.1) is 0 Å². The van der Waals surface area contributed by atoms with Crippen molar-refractivity contribution in [2.24, 2.45) is 0 Å². The second kappa shape index (κ2) is 7.23. The number of rotatable bonds is 2. The van der Waals surface area contributed by atoms with Crippen LogP contribution in [0, 0.1) is 11.3 Å². The molecule has 4 nitrogen and oxygen atoms in total. The van der Waals surface area contributed by atoms with Gasteiger partial charge in [0.2, 0.25) is 5.91 Å². The number of nitriles is 1. The van der Waals surface area contributed by atoms with E-state index in [1.54, 1.807) is 11.8 Å². The van der Waals surface area contributed by atoms with E-state index in [0.717, 1.165) is 22.0 Å². The highest BCUT2D eigenvalue weighted by Gasteiger charge is 2.39. The number of thioether (sulfide) groups is 1. The summed E-state index contributed by atoms with van der Waals surface area (Å²) >= 11 is 1.67. The first-order valence-electron chi connectivity index (χ1n) is 9.14. The van der Waals surface area contributed by atoms with Crippen molar-refractivity contribution >= 4 is 17.7 Å². The number of carbonyl (C=O) groups excluding carboxylic acids is 1. The van der Waals surface area contributed by atoms with Gasteiger partial charge < -0.3 is 0 Å². The molecule has 1 saturated carbocycles. The molecule has 0 N–H and O–H groups in total. The number of benzene rings is 1. The van der Waals surface area contributed by atoms with Crippen LogP contribution in [0.25, 0.3) is 0 Å². The molecule has 2 heterocycles. The zero-order chi connectivity index (χ0) is 17.2. The largest absolute Gasteiger partial charge is 0.292 e. The Morgan fingerprint density at radius 1 is 1.12 bits per heavy atom. The normalized spacial score (nSPS) is 25.6. The van der Waals surface area contributed by atoms with E-state index in [9.17, 15) is 10.1 Å². The van der Waals surface area contributed by atoms with Crippen molar-refractivity contribution in [3.63, 3.8) is 0 Å². The van der Waals surface area contributed by atoms with Crippen LogP contribution < -0.4 is 0 Å². The zero-order valence-electron chi connectivity index (χ0n) is 14.4. The Balaban J connectivity index is 1.60. The van der Waals surface area contributed by atoms with Crippen LogP contribution in [0.3, 0.4) is 0 Å². The highest BCUT2D eigenvalue weighted by atomic mass is 32.2. The Morgan fingerprint density at radius 3 is 2.60 bits per heavy atom. The predicted octanol–water partition coefficient (Wildman–Crippen LogP) is 4.03. The molecule has 1 atom stereocenters. The molecule has 1 amide bonds. The van der Waals surface area contributed by atoms with E-state index < -0.39 is 0 Å². The first kappa shape index (κ1) is 16.7. The van der Waals surface area contributed by atoms with Crippen molar-refractivity contribution in [1.29, 1.82) is 5.26 Å². The van der Waals surface area contributed by atoms with Crippen molar-refractivity contribution in [1.82, 2.24) is 9.80 Å². The summed E-state index contributed by atoms with van der Waals surface area (Å²) in [4.78, 5) is 17.1. The molecule has 1 saturated heterocycles. The minimum atomic E-state index is -0.0984. The van der Waals surface area contributed by atoms with Gasteiger partial charge in [-0.1, -0.05) is 61.4 Å². The Hall–Kier alpha value is -1.77. The fraction of sp³-hybridized carbons (Fsp3) is 0.500. The van der Waals surface area contributed by atoms with Gasteiger partial charge in [0.25, 0.3) is 0 Å². The maximum atomic E-state index is 12.8. The SMILES string of the molecule is N#CC1=C2SCN(C3CCCCC3)CN2C(=O)C[C@@H]1c1ccccc1. The highest BCUT2D eigenvalue weighted by molar-refractivity contribution is 8.03. The van der Waals surface area contributed by atoms with Gasteiger partial charge >= 0.3 is 0 Å². The van der Waals surface area contributed by atoms with Crippen LogP contribution >= 0.6 is 11.8 Å². The topological polar surface area (TPSA) is 47.3 Å². The van der Waals surface area contributed by atoms with Gasteiger partial charge in [0.15, 0.2) is 0 Å². The van der Waals surface area contributed by atoms with Gasteiger partial charge in [-0.3, -0.25) is 14.6 Å². The molecule has 3 aliphatic rings. The maximum Gasteiger partial charge on any atom is 0.229 e. The average Bonchev–Trinajstić information content (AvgIpc) is 2.69. The molecular weight excluding hydrogens is 330 g/mol. The minimum Gasteiger partial charge on any atom is -0.292 e. The predicted molar refractivity (Wildman–Crippen MR) is 99.3 cm³/mol. The summed E-state index contributed by atoms with van der Waals surface area (Å²) in [7, 11) is 0. The van der Waals surface area contributed by atoms with Gasteiger partial charge in [-0.05, 0) is 18.4 Å².